The van der Waals surface area contributed by atoms with E-state index in [-0.39, 0.29) is 0 Å². The number of fused-ring (bicyclic) bond motifs is 7. The maximum Gasteiger partial charge on any atom is 0.114 e. The minimum Gasteiger partial charge on any atom is -0.309 e. The summed E-state index contributed by atoms with van der Waals surface area (Å²) in [5.74, 6) is 0. The fourth-order valence-corrected chi connectivity index (χ4v) is 10.4. The number of hydrogen-bond acceptors (Lipinski definition) is 2. The van der Waals surface area contributed by atoms with Gasteiger partial charge in [-0.25, -0.2) is 0 Å². The molecule has 0 saturated heterocycles. The molecule has 0 aliphatic carbocycles. The van der Waals surface area contributed by atoms with Gasteiger partial charge in [-0.05, 0) is 75.1 Å². The smallest absolute Gasteiger partial charge is 0.114 e. The molecule has 198 valence electrons. The first-order chi connectivity index (χ1) is 20.5. The predicted octanol–water partition coefficient (Wildman–Crippen LogP) is 8.19. The molecule has 1 aliphatic heterocycles. The Morgan fingerprint density at radius 3 is 2.26 bits per heavy atom. The zero-order valence-electron chi connectivity index (χ0n) is 23.5. The van der Waals surface area contributed by atoms with Crippen LogP contribution in [0.15, 0.2) is 128 Å². The van der Waals surface area contributed by atoms with E-state index < -0.39 is 8.07 Å². The second kappa shape index (κ2) is 9.14. The molecule has 7 aromatic rings. The molecule has 8 rings (SSSR count). The molecule has 0 radical (unpaired) electrons. The molecule has 1 aliphatic rings. The topological polar surface area (TPSA) is 41.6 Å². The van der Waals surface area contributed by atoms with Gasteiger partial charge in [0, 0.05) is 28.2 Å². The summed E-state index contributed by atoms with van der Waals surface area (Å²) in [5, 5.41) is 14.9. The molecule has 0 fully saturated rings. The zero-order chi connectivity index (χ0) is 28.4. The lowest BCUT2D eigenvalue weighted by Crippen LogP contribution is -2.49. The summed E-state index contributed by atoms with van der Waals surface area (Å²) in [6, 6.07) is 45.7. The van der Waals surface area contributed by atoms with Crippen molar-refractivity contribution in [1.29, 1.82) is 5.26 Å². The molecule has 0 saturated carbocycles. The standard InChI is InChI=1S/C38H27N3Si/c1-42(2)36-16-6-4-13-30(36)31-18-20-35-37(38(31)42)32-14-3-5-15-34(32)41(35)29-12-8-10-27(22-29)26-9-7-11-28(21-26)33-19-17-25(23-39)24-40-33/h3-22,24H,1-2H3. The molecular weight excluding hydrogens is 527 g/mol. The van der Waals surface area contributed by atoms with Crippen LogP contribution in [0.2, 0.25) is 13.1 Å². The number of para-hydroxylation sites is 1. The van der Waals surface area contributed by atoms with E-state index in [4.69, 9.17) is 5.26 Å². The number of nitrogens with zero attached hydrogens (tertiary/aromatic N) is 3. The van der Waals surface area contributed by atoms with Crippen LogP contribution in [0.5, 0.6) is 0 Å². The van der Waals surface area contributed by atoms with Gasteiger partial charge in [0.15, 0.2) is 0 Å². The number of aromatic nitrogens is 2. The van der Waals surface area contributed by atoms with E-state index in [1.165, 1.54) is 38.1 Å². The van der Waals surface area contributed by atoms with E-state index in [2.05, 4.69) is 138 Å². The van der Waals surface area contributed by atoms with Gasteiger partial charge in [0.25, 0.3) is 0 Å². The Hall–Kier alpha value is -5.24. The molecular formula is C38H27N3Si. The van der Waals surface area contributed by atoms with Crippen molar-refractivity contribution in [3.8, 4) is 45.3 Å². The highest BCUT2D eigenvalue weighted by Crippen LogP contribution is 2.38. The van der Waals surface area contributed by atoms with Crippen molar-refractivity contribution in [2.24, 2.45) is 0 Å². The van der Waals surface area contributed by atoms with Gasteiger partial charge in [-0.15, -0.1) is 0 Å². The van der Waals surface area contributed by atoms with Gasteiger partial charge in [0.2, 0.25) is 0 Å². The van der Waals surface area contributed by atoms with Crippen LogP contribution in [0, 0.1) is 11.3 Å². The summed E-state index contributed by atoms with van der Waals surface area (Å²) in [7, 11) is -1.90. The second-order valence-electron chi connectivity index (χ2n) is 11.6. The Labute approximate surface area is 246 Å². The predicted molar refractivity (Wildman–Crippen MR) is 176 cm³/mol. The largest absolute Gasteiger partial charge is 0.309 e. The van der Waals surface area contributed by atoms with Gasteiger partial charge in [-0.3, -0.25) is 4.98 Å². The Balaban J connectivity index is 1.31. The summed E-state index contributed by atoms with van der Waals surface area (Å²) in [6.45, 7) is 5.00. The summed E-state index contributed by atoms with van der Waals surface area (Å²) in [4.78, 5) is 4.51. The lowest BCUT2D eigenvalue weighted by Gasteiger charge is -2.20. The van der Waals surface area contributed by atoms with Crippen LogP contribution in [0.4, 0.5) is 0 Å². The fourth-order valence-electron chi connectivity index (χ4n) is 6.92. The van der Waals surface area contributed by atoms with Crippen LogP contribution < -0.4 is 10.4 Å². The third-order valence-electron chi connectivity index (χ3n) is 8.84. The summed E-state index contributed by atoms with van der Waals surface area (Å²) in [5.41, 5.74) is 11.2. The van der Waals surface area contributed by atoms with Crippen LogP contribution >= 0.6 is 0 Å². The Morgan fingerprint density at radius 2 is 1.43 bits per heavy atom. The van der Waals surface area contributed by atoms with Crippen LogP contribution in [0.3, 0.4) is 0 Å². The van der Waals surface area contributed by atoms with E-state index in [9.17, 15) is 0 Å². The van der Waals surface area contributed by atoms with E-state index in [0.717, 1.165) is 28.1 Å². The molecule has 0 amide bonds. The highest BCUT2D eigenvalue weighted by molar-refractivity contribution is 7.05. The number of pyridine rings is 1. The zero-order valence-corrected chi connectivity index (χ0v) is 24.5. The molecule has 0 atom stereocenters. The molecule has 0 bridgehead atoms. The van der Waals surface area contributed by atoms with Crippen molar-refractivity contribution in [3.05, 3.63) is 133 Å². The molecule has 4 heteroatoms. The maximum atomic E-state index is 9.15. The average Bonchev–Trinajstić information content (AvgIpc) is 3.50. The summed E-state index contributed by atoms with van der Waals surface area (Å²) < 4.78 is 2.44. The highest BCUT2D eigenvalue weighted by atomic mass is 28.3. The average molecular weight is 554 g/mol. The number of benzene rings is 5. The van der Waals surface area contributed by atoms with Crippen molar-refractivity contribution in [3.63, 3.8) is 0 Å². The number of hydrogen-bond donors (Lipinski definition) is 0. The van der Waals surface area contributed by atoms with Crippen molar-refractivity contribution >= 4 is 40.3 Å². The van der Waals surface area contributed by atoms with Gasteiger partial charge >= 0.3 is 0 Å². The van der Waals surface area contributed by atoms with Crippen LogP contribution in [-0.4, -0.2) is 17.6 Å². The van der Waals surface area contributed by atoms with Crippen molar-refractivity contribution in [1.82, 2.24) is 9.55 Å². The molecule has 3 nitrogen and oxygen atoms in total. The first-order valence-electron chi connectivity index (χ1n) is 14.3. The van der Waals surface area contributed by atoms with Crippen molar-refractivity contribution < 1.29 is 0 Å². The SMILES string of the molecule is C[Si]1(C)c2ccccc2-c2ccc3c(c21)c1ccccc1n3-c1cccc(-c2cccc(-c3ccc(C#N)cn3)c2)c1. The van der Waals surface area contributed by atoms with Crippen LogP contribution in [0.25, 0.3) is 61.0 Å². The lowest BCUT2D eigenvalue weighted by molar-refractivity contribution is 1.18. The van der Waals surface area contributed by atoms with Gasteiger partial charge in [0.1, 0.15) is 14.1 Å². The van der Waals surface area contributed by atoms with Gasteiger partial charge in [-0.1, -0.05) is 92.0 Å². The Bertz CT molecular complexity index is 2230. The molecule has 0 unspecified atom stereocenters. The first-order valence-corrected chi connectivity index (χ1v) is 17.3. The molecule has 5 aromatic carbocycles. The van der Waals surface area contributed by atoms with E-state index in [0.29, 0.717) is 5.56 Å². The van der Waals surface area contributed by atoms with Crippen molar-refractivity contribution in [2.45, 2.75) is 13.1 Å². The van der Waals surface area contributed by atoms with Crippen molar-refractivity contribution in [2.75, 3.05) is 0 Å². The summed E-state index contributed by atoms with van der Waals surface area (Å²) >= 11 is 0. The normalized spacial score (nSPS) is 13.2. The van der Waals surface area contributed by atoms with Crippen LogP contribution in [0.1, 0.15) is 5.56 Å². The fraction of sp³-hybridized carbons (Fsp3) is 0.0526. The number of nitriles is 1. The van der Waals surface area contributed by atoms with E-state index in [1.807, 2.05) is 12.1 Å². The molecule has 3 heterocycles. The second-order valence-corrected chi connectivity index (χ2v) is 15.9. The minimum atomic E-state index is -1.90. The summed E-state index contributed by atoms with van der Waals surface area (Å²) in [6.07, 6.45) is 1.63. The van der Waals surface area contributed by atoms with Gasteiger partial charge in [0.05, 0.1) is 22.3 Å². The molecule has 2 aromatic heterocycles. The van der Waals surface area contributed by atoms with E-state index in [1.54, 1.807) is 11.4 Å². The molecule has 0 spiro atoms. The third kappa shape index (κ3) is 3.54. The maximum absolute atomic E-state index is 9.15. The molecule has 0 N–H and O–H groups in total. The first kappa shape index (κ1) is 24.5. The van der Waals surface area contributed by atoms with E-state index >= 15 is 0 Å². The lowest BCUT2D eigenvalue weighted by atomic mass is 10.0. The van der Waals surface area contributed by atoms with Gasteiger partial charge in [-0.2, -0.15) is 5.26 Å². The Kier molecular flexibility index (Phi) is 5.34. The Morgan fingerprint density at radius 1 is 0.667 bits per heavy atom. The monoisotopic (exact) mass is 553 g/mol. The quantitative estimate of drug-likeness (QED) is 0.207. The molecule has 42 heavy (non-hydrogen) atoms. The highest BCUT2D eigenvalue weighted by Gasteiger charge is 2.39. The third-order valence-corrected chi connectivity index (χ3v) is 12.4. The van der Waals surface area contributed by atoms with Crippen LogP contribution in [-0.2, 0) is 0 Å². The minimum absolute atomic E-state index is 0.564. The van der Waals surface area contributed by atoms with Gasteiger partial charge < -0.3 is 4.57 Å². The number of rotatable bonds is 3.